The summed E-state index contributed by atoms with van der Waals surface area (Å²) in [6.07, 6.45) is 10.0. The Bertz CT molecular complexity index is 3520. The first-order valence-electron chi connectivity index (χ1n) is 21.1. The largest absolute Gasteiger partial charge is 0.310 e. The van der Waals surface area contributed by atoms with Gasteiger partial charge in [0, 0.05) is 55.7 Å². The summed E-state index contributed by atoms with van der Waals surface area (Å²) >= 11 is 0. The SMILES string of the molecule is C=C/C=C\C(=C/C)n1c2ccccc2c2cc(-c3ccc(-n4c5ccccc5c5ccc(-c6cccc(-c7nc(-c8ccccc8)nc(-c8ccccc8)n7)c6)cc54)nc3)ccc21. The molecule has 4 aromatic heterocycles. The lowest BCUT2D eigenvalue weighted by atomic mass is 10.0. The normalized spacial score (nSPS) is 12.0. The van der Waals surface area contributed by atoms with Gasteiger partial charge in [-0.25, -0.2) is 19.9 Å². The number of para-hydroxylation sites is 2. The van der Waals surface area contributed by atoms with Gasteiger partial charge in [0.15, 0.2) is 17.5 Å². The number of hydrogen-bond donors (Lipinski definition) is 0. The van der Waals surface area contributed by atoms with Gasteiger partial charge in [-0.15, -0.1) is 0 Å². The average molecular weight is 809 g/mol. The van der Waals surface area contributed by atoms with Crippen LogP contribution in [0.4, 0.5) is 0 Å². The van der Waals surface area contributed by atoms with Gasteiger partial charge in [-0.05, 0) is 78.2 Å². The first-order chi connectivity index (χ1) is 31.1. The van der Waals surface area contributed by atoms with E-state index in [-0.39, 0.29) is 0 Å². The zero-order valence-electron chi connectivity index (χ0n) is 34.6. The maximum Gasteiger partial charge on any atom is 0.164 e. The number of nitrogens with zero attached hydrogens (tertiary/aromatic N) is 6. The fourth-order valence-electron chi connectivity index (χ4n) is 8.76. The smallest absolute Gasteiger partial charge is 0.164 e. The molecule has 7 aromatic carbocycles. The summed E-state index contributed by atoms with van der Waals surface area (Å²) in [5.74, 6) is 2.75. The van der Waals surface area contributed by atoms with Gasteiger partial charge < -0.3 is 4.57 Å². The van der Waals surface area contributed by atoms with E-state index >= 15 is 0 Å². The molecule has 63 heavy (non-hydrogen) atoms. The number of pyridine rings is 1. The van der Waals surface area contributed by atoms with Gasteiger partial charge in [0.2, 0.25) is 0 Å². The van der Waals surface area contributed by atoms with Gasteiger partial charge in [-0.3, -0.25) is 4.57 Å². The molecular weight excluding hydrogens is 769 g/mol. The van der Waals surface area contributed by atoms with Crippen LogP contribution in [0.15, 0.2) is 219 Å². The molecule has 0 aliphatic rings. The minimum Gasteiger partial charge on any atom is -0.310 e. The first kappa shape index (κ1) is 37.5. The van der Waals surface area contributed by atoms with E-state index in [1.54, 1.807) is 0 Å². The molecule has 0 unspecified atom stereocenters. The predicted octanol–water partition coefficient (Wildman–Crippen LogP) is 14.4. The maximum atomic E-state index is 5.15. The number of aromatic nitrogens is 6. The molecular formula is C57H40N6. The topological polar surface area (TPSA) is 61.4 Å². The third-order valence-corrected chi connectivity index (χ3v) is 11.8. The highest BCUT2D eigenvalue weighted by molar-refractivity contribution is 6.12. The van der Waals surface area contributed by atoms with Crippen LogP contribution in [0, 0.1) is 0 Å². The molecule has 11 rings (SSSR count). The van der Waals surface area contributed by atoms with Crippen LogP contribution in [-0.2, 0) is 0 Å². The molecule has 0 aliphatic carbocycles. The summed E-state index contributed by atoms with van der Waals surface area (Å²) in [6, 6.07) is 63.5. The van der Waals surface area contributed by atoms with Gasteiger partial charge in [-0.2, -0.15) is 0 Å². The highest BCUT2D eigenvalue weighted by Gasteiger charge is 2.18. The molecule has 0 fully saturated rings. The lowest BCUT2D eigenvalue weighted by molar-refractivity contribution is 1.07. The van der Waals surface area contributed by atoms with Gasteiger partial charge in [0.05, 0.1) is 22.1 Å². The second-order valence-electron chi connectivity index (χ2n) is 15.5. The third kappa shape index (κ3) is 6.71. The Kier molecular flexibility index (Phi) is 9.44. The summed E-state index contributed by atoms with van der Waals surface area (Å²) in [7, 11) is 0. The van der Waals surface area contributed by atoms with E-state index in [2.05, 4.69) is 156 Å². The molecule has 0 spiro atoms. The summed E-state index contributed by atoms with van der Waals surface area (Å²) in [4.78, 5) is 20.1. The second kappa shape index (κ2) is 15.8. The van der Waals surface area contributed by atoms with Crippen LogP contribution in [0.25, 0.3) is 112 Å². The first-order valence-corrected chi connectivity index (χ1v) is 21.1. The lowest BCUT2D eigenvalue weighted by Gasteiger charge is -2.11. The molecule has 4 heterocycles. The Morgan fingerprint density at radius 3 is 1.67 bits per heavy atom. The van der Waals surface area contributed by atoms with Crippen LogP contribution in [0.5, 0.6) is 0 Å². The van der Waals surface area contributed by atoms with Crippen LogP contribution in [-0.4, -0.2) is 29.1 Å². The minimum atomic E-state index is 0.622. The van der Waals surface area contributed by atoms with Gasteiger partial charge >= 0.3 is 0 Å². The van der Waals surface area contributed by atoms with Gasteiger partial charge in [0.1, 0.15) is 5.82 Å². The zero-order valence-corrected chi connectivity index (χ0v) is 34.6. The van der Waals surface area contributed by atoms with Gasteiger partial charge in [0.25, 0.3) is 0 Å². The second-order valence-corrected chi connectivity index (χ2v) is 15.5. The third-order valence-electron chi connectivity index (χ3n) is 11.8. The molecule has 0 saturated heterocycles. The van der Waals surface area contributed by atoms with Crippen LogP contribution >= 0.6 is 0 Å². The van der Waals surface area contributed by atoms with Crippen molar-refractivity contribution in [3.05, 3.63) is 219 Å². The molecule has 6 heteroatoms. The highest BCUT2D eigenvalue weighted by Crippen LogP contribution is 2.38. The summed E-state index contributed by atoms with van der Waals surface area (Å²) in [5, 5.41) is 4.75. The van der Waals surface area contributed by atoms with E-state index < -0.39 is 0 Å². The number of benzene rings is 7. The monoisotopic (exact) mass is 808 g/mol. The quantitative estimate of drug-likeness (QED) is 0.136. The molecule has 6 nitrogen and oxygen atoms in total. The molecule has 0 bridgehead atoms. The van der Waals surface area contributed by atoms with Crippen molar-refractivity contribution in [2.45, 2.75) is 6.92 Å². The highest BCUT2D eigenvalue weighted by atomic mass is 15.1. The fraction of sp³-hybridized carbons (Fsp3) is 0.0175. The van der Waals surface area contributed by atoms with Crippen molar-refractivity contribution in [3.63, 3.8) is 0 Å². The zero-order chi connectivity index (χ0) is 42.3. The van der Waals surface area contributed by atoms with E-state index in [1.165, 1.54) is 21.5 Å². The summed E-state index contributed by atoms with van der Waals surface area (Å²) < 4.78 is 4.59. The van der Waals surface area contributed by atoms with Crippen molar-refractivity contribution >= 4 is 49.3 Å². The molecule has 0 atom stereocenters. The molecule has 11 aromatic rings. The maximum absolute atomic E-state index is 5.15. The molecule has 0 amide bonds. The lowest BCUT2D eigenvalue weighted by Crippen LogP contribution is -2.00. The Hall–Kier alpha value is -8.48. The van der Waals surface area contributed by atoms with Crippen LogP contribution in [0.2, 0.25) is 0 Å². The van der Waals surface area contributed by atoms with Crippen molar-refractivity contribution < 1.29 is 0 Å². The molecule has 0 N–H and O–H groups in total. The van der Waals surface area contributed by atoms with E-state index in [0.717, 1.165) is 72.5 Å². The Labute approximate surface area is 365 Å². The summed E-state index contributed by atoms with van der Waals surface area (Å²) in [5.41, 5.74) is 12.7. The Morgan fingerprint density at radius 2 is 0.984 bits per heavy atom. The standard InChI is InChI=1S/C57H40N6/c1-3-5-23-45(4-2)62-50-26-14-13-25-47(50)49-35-41(29-32-52(49)62)44-30-33-54(58-37-44)63-51-27-15-12-24-46(51)48-31-28-42(36-53(48)63)40-21-16-22-43(34-40)57-60-55(38-17-8-6-9-18-38)59-56(61-57)39-19-10-7-11-20-39/h3-37H,1H2,2H3/b23-5-,45-4+. The number of allylic oxidation sites excluding steroid dienone is 5. The van der Waals surface area contributed by atoms with E-state index in [0.29, 0.717) is 17.5 Å². The average Bonchev–Trinajstić information content (AvgIpc) is 3.87. The molecule has 0 saturated carbocycles. The fourth-order valence-corrected chi connectivity index (χ4v) is 8.76. The predicted molar refractivity (Wildman–Crippen MR) is 261 cm³/mol. The van der Waals surface area contributed by atoms with E-state index in [4.69, 9.17) is 19.9 Å². The van der Waals surface area contributed by atoms with E-state index in [9.17, 15) is 0 Å². The van der Waals surface area contributed by atoms with Crippen LogP contribution < -0.4 is 0 Å². The van der Waals surface area contributed by atoms with Crippen molar-refractivity contribution in [3.8, 4) is 62.2 Å². The number of fused-ring (bicyclic) bond motifs is 6. The van der Waals surface area contributed by atoms with Crippen molar-refractivity contribution in [2.75, 3.05) is 0 Å². The van der Waals surface area contributed by atoms with E-state index in [1.807, 2.05) is 79.0 Å². The Balaban J connectivity index is 0.985. The molecule has 298 valence electrons. The van der Waals surface area contributed by atoms with Crippen LogP contribution in [0.3, 0.4) is 0 Å². The molecule has 0 aliphatic heterocycles. The molecule has 0 radical (unpaired) electrons. The van der Waals surface area contributed by atoms with Crippen LogP contribution in [0.1, 0.15) is 6.92 Å². The summed E-state index contributed by atoms with van der Waals surface area (Å²) in [6.45, 7) is 5.95. The number of rotatable bonds is 9. The van der Waals surface area contributed by atoms with Gasteiger partial charge in [-0.1, -0.05) is 158 Å². The van der Waals surface area contributed by atoms with Crippen molar-refractivity contribution in [1.82, 2.24) is 29.1 Å². The van der Waals surface area contributed by atoms with Crippen molar-refractivity contribution in [1.29, 1.82) is 0 Å². The Morgan fingerprint density at radius 1 is 0.444 bits per heavy atom. The number of hydrogen-bond acceptors (Lipinski definition) is 4. The van der Waals surface area contributed by atoms with Crippen molar-refractivity contribution in [2.24, 2.45) is 0 Å². The minimum absolute atomic E-state index is 0.622.